The Labute approximate surface area is 216 Å². The summed E-state index contributed by atoms with van der Waals surface area (Å²) in [7, 11) is 3.31. The highest BCUT2D eigenvalue weighted by atomic mass is 16.5. The van der Waals surface area contributed by atoms with Crippen molar-refractivity contribution in [1.29, 1.82) is 0 Å². The maximum atomic E-state index is 12.2. The summed E-state index contributed by atoms with van der Waals surface area (Å²) in [6.45, 7) is 5.68. The summed E-state index contributed by atoms with van der Waals surface area (Å²) in [6.07, 6.45) is 2.50. The first-order chi connectivity index (χ1) is 17.3. The maximum absolute atomic E-state index is 12.2. The third-order valence-electron chi connectivity index (χ3n) is 6.48. The third kappa shape index (κ3) is 10.6. The number of carbonyl (C=O) groups is 1. The Hall–Kier alpha value is -2.61. The van der Waals surface area contributed by atoms with Gasteiger partial charge in [0, 0.05) is 39.1 Å². The second-order valence-electron chi connectivity index (χ2n) is 9.64. The van der Waals surface area contributed by atoms with E-state index in [1.807, 2.05) is 48.5 Å². The minimum absolute atomic E-state index is 0.0817. The Balaban J connectivity index is 1.87. The Morgan fingerprint density at radius 3 is 2.44 bits per heavy atom. The molecule has 0 radical (unpaired) electrons. The van der Waals surface area contributed by atoms with Crippen LogP contribution >= 0.6 is 0 Å². The van der Waals surface area contributed by atoms with Gasteiger partial charge in [0.2, 0.25) is 5.91 Å². The van der Waals surface area contributed by atoms with Crippen LogP contribution < -0.4 is 20.5 Å². The highest BCUT2D eigenvalue weighted by Crippen LogP contribution is 2.31. The zero-order chi connectivity index (χ0) is 26.3. The molecule has 3 unspecified atom stereocenters. The maximum Gasteiger partial charge on any atom is 0.220 e. The molecule has 0 saturated carbocycles. The van der Waals surface area contributed by atoms with Crippen molar-refractivity contribution in [1.82, 2.24) is 5.32 Å². The number of carbonyl (C=O) groups excluding carboxylic acids is 1. The van der Waals surface area contributed by atoms with Crippen LogP contribution in [0.4, 0.5) is 0 Å². The minimum atomic E-state index is -0.803. The summed E-state index contributed by atoms with van der Waals surface area (Å²) < 4.78 is 16.5. The fourth-order valence-corrected chi connectivity index (χ4v) is 4.11. The molecule has 0 spiro atoms. The van der Waals surface area contributed by atoms with Crippen LogP contribution in [0.5, 0.6) is 11.5 Å². The van der Waals surface area contributed by atoms with Crippen LogP contribution in [0.15, 0.2) is 48.5 Å². The van der Waals surface area contributed by atoms with E-state index in [0.29, 0.717) is 44.1 Å². The molecule has 36 heavy (non-hydrogen) atoms. The van der Waals surface area contributed by atoms with Gasteiger partial charge in [0.15, 0.2) is 11.5 Å². The van der Waals surface area contributed by atoms with Crippen LogP contribution in [0.1, 0.15) is 44.2 Å². The van der Waals surface area contributed by atoms with Crippen LogP contribution in [-0.2, 0) is 22.4 Å². The van der Waals surface area contributed by atoms with E-state index >= 15 is 0 Å². The lowest BCUT2D eigenvalue weighted by atomic mass is 9.83. The Bertz CT molecular complexity index is 890. The van der Waals surface area contributed by atoms with Gasteiger partial charge in [-0.05, 0) is 54.4 Å². The monoisotopic (exact) mass is 500 g/mol. The molecule has 200 valence electrons. The number of nitrogens with one attached hydrogen (secondary N) is 1. The van der Waals surface area contributed by atoms with E-state index in [1.54, 1.807) is 14.2 Å². The number of hydrogen-bond donors (Lipinski definition) is 3. The third-order valence-corrected chi connectivity index (χ3v) is 6.48. The quantitative estimate of drug-likeness (QED) is 0.286. The molecule has 0 saturated heterocycles. The van der Waals surface area contributed by atoms with Crippen molar-refractivity contribution in [2.24, 2.45) is 17.6 Å². The number of rotatable bonds is 17. The Morgan fingerprint density at radius 1 is 1.03 bits per heavy atom. The van der Waals surface area contributed by atoms with Crippen LogP contribution in [0.2, 0.25) is 0 Å². The number of aliphatic hydroxyl groups excluding tert-OH is 1. The number of aryl methyl sites for hydroxylation is 1. The second-order valence-corrected chi connectivity index (χ2v) is 9.64. The van der Waals surface area contributed by atoms with Gasteiger partial charge in [-0.3, -0.25) is 4.79 Å². The van der Waals surface area contributed by atoms with E-state index in [2.05, 4.69) is 19.2 Å². The van der Waals surface area contributed by atoms with Crippen molar-refractivity contribution in [2.45, 2.75) is 58.1 Å². The molecule has 4 N–H and O–H groups in total. The van der Waals surface area contributed by atoms with E-state index in [-0.39, 0.29) is 18.4 Å². The minimum Gasteiger partial charge on any atom is -0.493 e. The van der Waals surface area contributed by atoms with Crippen molar-refractivity contribution in [2.75, 3.05) is 34.0 Å². The molecule has 0 aliphatic heterocycles. The van der Waals surface area contributed by atoms with E-state index in [0.717, 1.165) is 29.7 Å². The zero-order valence-electron chi connectivity index (χ0n) is 22.2. The summed E-state index contributed by atoms with van der Waals surface area (Å²) in [5, 5.41) is 13.4. The average molecular weight is 501 g/mol. The van der Waals surface area contributed by atoms with Gasteiger partial charge in [-0.1, -0.05) is 50.2 Å². The molecule has 7 nitrogen and oxygen atoms in total. The Kier molecular flexibility index (Phi) is 13.3. The van der Waals surface area contributed by atoms with Gasteiger partial charge >= 0.3 is 0 Å². The molecular formula is C29H44N2O5. The van der Waals surface area contributed by atoms with Gasteiger partial charge in [0.05, 0.1) is 19.8 Å². The lowest BCUT2D eigenvalue weighted by Crippen LogP contribution is -2.45. The molecule has 2 aromatic carbocycles. The van der Waals surface area contributed by atoms with Crippen molar-refractivity contribution in [3.05, 3.63) is 59.7 Å². The Morgan fingerprint density at radius 2 is 1.78 bits per heavy atom. The molecule has 1 amide bonds. The van der Waals surface area contributed by atoms with Crippen LogP contribution in [-0.4, -0.2) is 57.1 Å². The van der Waals surface area contributed by atoms with Gasteiger partial charge in [0.1, 0.15) is 0 Å². The zero-order valence-corrected chi connectivity index (χ0v) is 22.2. The first-order valence-electron chi connectivity index (χ1n) is 12.9. The topological polar surface area (TPSA) is 103 Å². The van der Waals surface area contributed by atoms with Crippen LogP contribution in [0.25, 0.3) is 0 Å². The van der Waals surface area contributed by atoms with Gasteiger partial charge in [-0.2, -0.15) is 0 Å². The van der Waals surface area contributed by atoms with Gasteiger partial charge in [0.25, 0.3) is 0 Å². The molecule has 0 bridgehead atoms. The SMILES string of the molecule is COCCCOc1cc(CC(CC(N)C(O)CNC(=O)CCc2ccccc2)C(C)C)ccc1OC. The summed E-state index contributed by atoms with van der Waals surface area (Å²) in [4.78, 5) is 12.2. The number of aliphatic hydroxyl groups is 1. The van der Waals surface area contributed by atoms with Crippen LogP contribution in [0, 0.1) is 11.8 Å². The van der Waals surface area contributed by atoms with Crippen molar-refractivity contribution < 1.29 is 24.1 Å². The number of benzene rings is 2. The molecule has 0 aromatic heterocycles. The largest absolute Gasteiger partial charge is 0.493 e. The lowest BCUT2D eigenvalue weighted by molar-refractivity contribution is -0.121. The molecule has 2 aromatic rings. The summed E-state index contributed by atoms with van der Waals surface area (Å²) in [5.41, 5.74) is 8.62. The smallest absolute Gasteiger partial charge is 0.220 e. The number of amides is 1. The fraction of sp³-hybridized carbons (Fsp3) is 0.552. The first kappa shape index (κ1) is 29.6. The average Bonchev–Trinajstić information content (AvgIpc) is 2.88. The molecule has 7 heteroatoms. The number of nitrogens with two attached hydrogens (primary N) is 1. The predicted molar refractivity (Wildman–Crippen MR) is 143 cm³/mol. The number of ether oxygens (including phenoxy) is 3. The van der Waals surface area contributed by atoms with E-state index < -0.39 is 12.1 Å². The highest BCUT2D eigenvalue weighted by molar-refractivity contribution is 5.76. The molecule has 0 aliphatic rings. The molecule has 0 fully saturated rings. The molecule has 3 atom stereocenters. The van der Waals surface area contributed by atoms with E-state index in [4.69, 9.17) is 19.9 Å². The molecule has 2 rings (SSSR count). The molecule has 0 heterocycles. The normalized spacial score (nSPS) is 13.8. The van der Waals surface area contributed by atoms with Gasteiger partial charge in [-0.15, -0.1) is 0 Å². The molecular weight excluding hydrogens is 456 g/mol. The number of hydrogen-bond acceptors (Lipinski definition) is 6. The second kappa shape index (κ2) is 16.2. The standard InChI is InChI=1S/C29H44N2O5/c1-21(2)24(17-23-11-13-27(35-4)28(18-23)36-16-8-15-34-3)19-25(30)26(32)20-31-29(33)14-12-22-9-6-5-7-10-22/h5-7,9-11,13,18,21,24-26,32H,8,12,14-17,19-20,30H2,1-4H3,(H,31,33). The van der Waals surface area contributed by atoms with Crippen molar-refractivity contribution in [3.8, 4) is 11.5 Å². The van der Waals surface area contributed by atoms with Crippen LogP contribution in [0.3, 0.4) is 0 Å². The van der Waals surface area contributed by atoms with Crippen molar-refractivity contribution in [3.63, 3.8) is 0 Å². The fourth-order valence-electron chi connectivity index (χ4n) is 4.11. The highest BCUT2D eigenvalue weighted by Gasteiger charge is 2.23. The van der Waals surface area contributed by atoms with E-state index in [9.17, 15) is 9.90 Å². The van der Waals surface area contributed by atoms with Gasteiger partial charge < -0.3 is 30.4 Å². The lowest BCUT2D eigenvalue weighted by Gasteiger charge is -2.27. The summed E-state index contributed by atoms with van der Waals surface area (Å²) in [6, 6.07) is 15.5. The van der Waals surface area contributed by atoms with E-state index in [1.165, 1.54) is 0 Å². The van der Waals surface area contributed by atoms with Crippen molar-refractivity contribution >= 4 is 5.91 Å². The predicted octanol–water partition coefficient (Wildman–Crippen LogP) is 3.75. The summed E-state index contributed by atoms with van der Waals surface area (Å²) in [5.74, 6) is 1.97. The van der Waals surface area contributed by atoms with Gasteiger partial charge in [-0.25, -0.2) is 0 Å². The number of methoxy groups -OCH3 is 2. The molecule has 0 aliphatic carbocycles. The summed E-state index contributed by atoms with van der Waals surface area (Å²) >= 11 is 0. The first-order valence-corrected chi connectivity index (χ1v) is 12.9.